The molecule has 0 unspecified atom stereocenters. The van der Waals surface area contributed by atoms with Gasteiger partial charge in [0.15, 0.2) is 5.15 Å². The summed E-state index contributed by atoms with van der Waals surface area (Å²) in [6.45, 7) is 3.75. The number of halogens is 2. The molecule has 1 amide bonds. The average molecular weight is 379 g/mol. The molecule has 0 spiro atoms. The number of nitrogens with zero attached hydrogens (tertiary/aromatic N) is 3. The van der Waals surface area contributed by atoms with Crippen LogP contribution < -0.4 is 10.6 Å². The Kier molecular flexibility index (Phi) is 4.48. The molecule has 1 saturated heterocycles. The highest BCUT2D eigenvalue weighted by Crippen LogP contribution is 2.37. The number of benzene rings is 1. The molecule has 132 valence electrons. The summed E-state index contributed by atoms with van der Waals surface area (Å²) < 4.78 is 0. The van der Waals surface area contributed by atoms with Gasteiger partial charge in [-0.2, -0.15) is 0 Å². The summed E-state index contributed by atoms with van der Waals surface area (Å²) >= 11 is 12.7. The molecule has 2 N–H and O–H groups in total. The number of carbonyl (C=O) groups is 1. The molecule has 7 heteroatoms. The van der Waals surface area contributed by atoms with Crippen molar-refractivity contribution in [3.8, 4) is 0 Å². The second-order valence-electron chi connectivity index (χ2n) is 6.79. The van der Waals surface area contributed by atoms with Crippen LogP contribution in [-0.2, 0) is 11.2 Å². The Bertz CT molecular complexity index is 829. The van der Waals surface area contributed by atoms with Gasteiger partial charge in [0.2, 0.25) is 5.91 Å². The third-order valence-electron chi connectivity index (χ3n) is 5.03. The Hall–Kier alpha value is -1.56. The van der Waals surface area contributed by atoms with Crippen LogP contribution in [0.15, 0.2) is 18.2 Å². The van der Waals surface area contributed by atoms with Crippen LogP contribution in [0.5, 0.6) is 0 Å². The van der Waals surface area contributed by atoms with E-state index >= 15 is 0 Å². The molecule has 0 radical (unpaired) electrons. The van der Waals surface area contributed by atoms with E-state index in [0.717, 1.165) is 54.4 Å². The number of hydrogen-bond acceptors (Lipinski definition) is 4. The van der Waals surface area contributed by atoms with Crippen molar-refractivity contribution in [2.75, 3.05) is 31.1 Å². The van der Waals surface area contributed by atoms with Gasteiger partial charge in [-0.05, 0) is 36.6 Å². The zero-order chi connectivity index (χ0) is 17.6. The first-order valence-corrected chi connectivity index (χ1v) is 9.33. The molecule has 2 fully saturated rings. The minimum Gasteiger partial charge on any atom is -0.369 e. The van der Waals surface area contributed by atoms with Crippen LogP contribution in [0, 0.1) is 0 Å². The van der Waals surface area contributed by atoms with Gasteiger partial charge >= 0.3 is 0 Å². The number of pyridine rings is 1. The predicted octanol–water partition coefficient (Wildman–Crippen LogP) is 2.85. The van der Waals surface area contributed by atoms with Crippen molar-refractivity contribution >= 4 is 45.7 Å². The number of carbonyl (C=O) groups excluding carboxylic acids is 1. The fourth-order valence-electron chi connectivity index (χ4n) is 3.68. The number of fused-ring (bicyclic) bond motifs is 1. The smallest absolute Gasteiger partial charge is 0.221 e. The standard InChI is InChI=1S/C18H20Cl2N4O/c19-11-1-4-15-13(9-11)14(10-16(21)25)17(18(20)22-15)24-7-5-23(6-8-24)12-2-3-12/h1,4,9,12H,2-3,5-8,10H2,(H2,21,25). The van der Waals surface area contributed by atoms with Crippen LogP contribution in [-0.4, -0.2) is 48.0 Å². The zero-order valence-electron chi connectivity index (χ0n) is 13.8. The number of aromatic nitrogens is 1. The molecule has 0 atom stereocenters. The Balaban J connectivity index is 1.75. The molecule has 2 aliphatic rings. The van der Waals surface area contributed by atoms with E-state index in [1.807, 2.05) is 12.1 Å². The number of anilines is 1. The summed E-state index contributed by atoms with van der Waals surface area (Å²) in [4.78, 5) is 21.0. The Morgan fingerprint density at radius 2 is 1.92 bits per heavy atom. The lowest BCUT2D eigenvalue weighted by atomic mass is 10.0. The van der Waals surface area contributed by atoms with Crippen molar-refractivity contribution in [2.24, 2.45) is 5.73 Å². The number of piperazine rings is 1. The summed E-state index contributed by atoms with van der Waals surface area (Å²) in [5, 5.41) is 1.87. The van der Waals surface area contributed by atoms with Crippen LogP contribution in [0.1, 0.15) is 18.4 Å². The largest absolute Gasteiger partial charge is 0.369 e. The number of amides is 1. The highest BCUT2D eigenvalue weighted by Gasteiger charge is 2.32. The van der Waals surface area contributed by atoms with E-state index in [9.17, 15) is 4.79 Å². The maximum absolute atomic E-state index is 11.7. The fourth-order valence-corrected chi connectivity index (χ4v) is 4.18. The van der Waals surface area contributed by atoms with E-state index in [0.29, 0.717) is 10.2 Å². The van der Waals surface area contributed by atoms with Crippen LogP contribution in [0.3, 0.4) is 0 Å². The normalized spacial score (nSPS) is 18.7. The Morgan fingerprint density at radius 1 is 1.20 bits per heavy atom. The predicted molar refractivity (Wildman–Crippen MR) is 101 cm³/mol. The van der Waals surface area contributed by atoms with Crippen LogP contribution in [0.4, 0.5) is 5.69 Å². The first kappa shape index (κ1) is 16.9. The third-order valence-corrected chi connectivity index (χ3v) is 5.53. The van der Waals surface area contributed by atoms with E-state index in [2.05, 4.69) is 14.8 Å². The van der Waals surface area contributed by atoms with Gasteiger partial charge in [-0.25, -0.2) is 4.98 Å². The summed E-state index contributed by atoms with van der Waals surface area (Å²) in [7, 11) is 0. The Labute approximate surface area is 156 Å². The quantitative estimate of drug-likeness (QED) is 0.830. The molecule has 4 rings (SSSR count). The lowest BCUT2D eigenvalue weighted by molar-refractivity contribution is -0.117. The molecule has 0 bridgehead atoms. The summed E-state index contributed by atoms with van der Waals surface area (Å²) in [5.41, 5.74) is 7.89. The molecule has 25 heavy (non-hydrogen) atoms. The van der Waals surface area contributed by atoms with Gasteiger partial charge in [0.25, 0.3) is 0 Å². The molecule has 1 aromatic heterocycles. The first-order chi connectivity index (χ1) is 12.0. The van der Waals surface area contributed by atoms with Gasteiger partial charge in [0.05, 0.1) is 17.6 Å². The number of nitrogens with two attached hydrogens (primary N) is 1. The molecule has 5 nitrogen and oxygen atoms in total. The minimum atomic E-state index is -0.388. The van der Waals surface area contributed by atoms with Gasteiger partial charge in [0, 0.05) is 42.6 Å². The molecular formula is C18H20Cl2N4O. The molecule has 1 aliphatic heterocycles. The summed E-state index contributed by atoms with van der Waals surface area (Å²) in [6, 6.07) is 6.19. The second-order valence-corrected chi connectivity index (χ2v) is 7.58. The van der Waals surface area contributed by atoms with E-state index < -0.39 is 0 Å². The minimum absolute atomic E-state index is 0.122. The van der Waals surface area contributed by atoms with E-state index in [4.69, 9.17) is 28.9 Å². The van der Waals surface area contributed by atoms with Crippen LogP contribution in [0.2, 0.25) is 10.2 Å². The zero-order valence-corrected chi connectivity index (χ0v) is 15.4. The molecule has 1 aliphatic carbocycles. The third kappa shape index (κ3) is 3.41. The summed E-state index contributed by atoms with van der Waals surface area (Å²) in [6.07, 6.45) is 2.74. The summed E-state index contributed by atoms with van der Waals surface area (Å²) in [5.74, 6) is -0.388. The van der Waals surface area contributed by atoms with Crippen molar-refractivity contribution in [2.45, 2.75) is 25.3 Å². The number of primary amides is 1. The van der Waals surface area contributed by atoms with Gasteiger partial charge in [-0.15, -0.1) is 0 Å². The monoisotopic (exact) mass is 378 g/mol. The van der Waals surface area contributed by atoms with Gasteiger partial charge in [0.1, 0.15) is 0 Å². The topological polar surface area (TPSA) is 62.5 Å². The van der Waals surface area contributed by atoms with E-state index in [-0.39, 0.29) is 12.3 Å². The fraction of sp³-hybridized carbons (Fsp3) is 0.444. The number of rotatable bonds is 4. The SMILES string of the molecule is NC(=O)Cc1c(N2CCN(C3CC3)CC2)c(Cl)nc2ccc(Cl)cc12. The second kappa shape index (κ2) is 6.63. The molecule has 1 aromatic carbocycles. The highest BCUT2D eigenvalue weighted by atomic mass is 35.5. The van der Waals surface area contributed by atoms with Gasteiger partial charge < -0.3 is 10.6 Å². The lowest BCUT2D eigenvalue weighted by Crippen LogP contribution is -2.47. The van der Waals surface area contributed by atoms with Gasteiger partial charge in [-0.3, -0.25) is 9.69 Å². The number of hydrogen-bond donors (Lipinski definition) is 1. The lowest BCUT2D eigenvalue weighted by Gasteiger charge is -2.37. The van der Waals surface area contributed by atoms with Crippen LogP contribution in [0.25, 0.3) is 10.9 Å². The maximum atomic E-state index is 11.7. The molecule has 1 saturated carbocycles. The van der Waals surface area contributed by atoms with Crippen molar-refractivity contribution in [3.05, 3.63) is 33.9 Å². The van der Waals surface area contributed by atoms with Crippen molar-refractivity contribution in [3.63, 3.8) is 0 Å². The molecular weight excluding hydrogens is 359 g/mol. The molecule has 2 heterocycles. The average Bonchev–Trinajstić information content (AvgIpc) is 3.40. The van der Waals surface area contributed by atoms with E-state index in [1.54, 1.807) is 6.07 Å². The van der Waals surface area contributed by atoms with E-state index in [1.165, 1.54) is 12.8 Å². The van der Waals surface area contributed by atoms with Crippen molar-refractivity contribution in [1.29, 1.82) is 0 Å². The van der Waals surface area contributed by atoms with Gasteiger partial charge in [-0.1, -0.05) is 23.2 Å². The van der Waals surface area contributed by atoms with Crippen LogP contribution >= 0.6 is 23.2 Å². The maximum Gasteiger partial charge on any atom is 0.221 e. The Morgan fingerprint density at radius 3 is 2.56 bits per heavy atom. The van der Waals surface area contributed by atoms with Crippen molar-refractivity contribution < 1.29 is 4.79 Å². The highest BCUT2D eigenvalue weighted by molar-refractivity contribution is 6.33. The molecule has 2 aromatic rings. The first-order valence-electron chi connectivity index (χ1n) is 8.58. The van der Waals surface area contributed by atoms with Crippen molar-refractivity contribution in [1.82, 2.24) is 9.88 Å².